The summed E-state index contributed by atoms with van der Waals surface area (Å²) in [5, 5.41) is 2.18. The molecular formula is C24H19F8N5O3S. The number of carbonyl (C=O) groups excluding carboxylic acids is 1. The van der Waals surface area contributed by atoms with E-state index in [1.807, 2.05) is 0 Å². The quantitative estimate of drug-likeness (QED) is 0.412. The molecule has 220 valence electrons. The van der Waals surface area contributed by atoms with Crippen LogP contribution in [0.3, 0.4) is 0 Å². The molecule has 2 aromatic heterocycles. The van der Waals surface area contributed by atoms with E-state index in [9.17, 15) is 48.3 Å². The number of sulfonamides is 1. The predicted octanol–water partition coefficient (Wildman–Crippen LogP) is 4.52. The van der Waals surface area contributed by atoms with Crippen molar-refractivity contribution in [2.45, 2.75) is 48.8 Å². The third kappa shape index (κ3) is 6.61. The number of benzene rings is 1. The van der Waals surface area contributed by atoms with E-state index in [2.05, 4.69) is 20.3 Å². The fraction of sp³-hybridized carbons (Fsp3) is 0.333. The van der Waals surface area contributed by atoms with Gasteiger partial charge in [0, 0.05) is 43.7 Å². The minimum Gasteiger partial charge on any atom is -0.351 e. The molecule has 1 fully saturated rings. The van der Waals surface area contributed by atoms with Crippen LogP contribution < -0.4 is 5.32 Å². The second-order valence-electron chi connectivity index (χ2n) is 9.37. The van der Waals surface area contributed by atoms with E-state index < -0.39 is 87.2 Å². The molecule has 4 rings (SSSR count). The molecule has 0 aliphatic carbocycles. The Labute approximate surface area is 227 Å². The van der Waals surface area contributed by atoms with Gasteiger partial charge in [0.05, 0.1) is 16.2 Å². The molecule has 0 spiro atoms. The summed E-state index contributed by atoms with van der Waals surface area (Å²) in [5.41, 5.74) is -4.41. The molecule has 0 unspecified atom stereocenters. The number of alkyl halides is 7. The Hall–Kier alpha value is -3.73. The van der Waals surface area contributed by atoms with E-state index in [-0.39, 0.29) is 11.3 Å². The maximum atomic E-state index is 14.9. The molecule has 8 nitrogen and oxygen atoms in total. The zero-order chi connectivity index (χ0) is 30.4. The number of carbonyl (C=O) groups is 1. The lowest BCUT2D eigenvalue weighted by atomic mass is 10.0. The second-order valence-corrected chi connectivity index (χ2v) is 11.3. The van der Waals surface area contributed by atoms with Crippen LogP contribution in [0.2, 0.25) is 0 Å². The van der Waals surface area contributed by atoms with Gasteiger partial charge in [-0.1, -0.05) is 0 Å². The van der Waals surface area contributed by atoms with Crippen LogP contribution in [0.1, 0.15) is 30.3 Å². The predicted molar refractivity (Wildman–Crippen MR) is 125 cm³/mol. The molecule has 1 amide bonds. The maximum Gasteiger partial charge on any atom is 0.451 e. The van der Waals surface area contributed by atoms with Gasteiger partial charge in [0.25, 0.3) is 0 Å². The lowest BCUT2D eigenvalue weighted by molar-refractivity contribution is -0.145. The molecule has 3 heterocycles. The van der Waals surface area contributed by atoms with Crippen molar-refractivity contribution in [3.8, 4) is 11.3 Å². The maximum absolute atomic E-state index is 14.9. The Morgan fingerprint density at radius 3 is 2.20 bits per heavy atom. The average molecular weight is 609 g/mol. The molecule has 1 aliphatic heterocycles. The number of nitrogens with zero attached hydrogens (tertiary/aromatic N) is 4. The summed E-state index contributed by atoms with van der Waals surface area (Å²) >= 11 is 0. The first-order valence-corrected chi connectivity index (χ1v) is 13.0. The minimum atomic E-state index is -4.95. The van der Waals surface area contributed by atoms with Crippen LogP contribution in [-0.4, -0.2) is 51.8 Å². The van der Waals surface area contributed by atoms with E-state index in [0.29, 0.717) is 22.9 Å². The van der Waals surface area contributed by atoms with Gasteiger partial charge in [-0.05, 0) is 42.8 Å². The van der Waals surface area contributed by atoms with Gasteiger partial charge in [0.1, 0.15) is 17.5 Å². The molecule has 1 saturated heterocycles. The van der Waals surface area contributed by atoms with Crippen LogP contribution >= 0.6 is 0 Å². The molecule has 0 bridgehead atoms. The highest BCUT2D eigenvalue weighted by Crippen LogP contribution is 2.36. The number of hydrogen-bond acceptors (Lipinski definition) is 6. The zero-order valence-corrected chi connectivity index (χ0v) is 21.6. The first-order valence-electron chi connectivity index (χ1n) is 11.6. The number of rotatable bonds is 6. The number of hydrogen-bond donors (Lipinski definition) is 1. The molecular weight excluding hydrogens is 590 g/mol. The molecule has 0 saturated carbocycles. The molecule has 2 atom stereocenters. The summed E-state index contributed by atoms with van der Waals surface area (Å²) < 4.78 is 134. The van der Waals surface area contributed by atoms with Crippen molar-refractivity contribution in [3.05, 3.63) is 71.7 Å². The standard InChI is InChI=1S/C24H19F8N5O3S/c1-22(26)7-19(37(12-22)41(39,40)16-4-2-15(25)3-5-16)20(38)34-8-13-6-18(33-11-17(13)23(27,28)29)14-9-35-21(36-10-14)24(30,31)32/h2-6,9-11,19H,7-8,12H2,1H3,(H,34,38)/t19-,22+/m0/s1. The fourth-order valence-corrected chi connectivity index (χ4v) is 5.88. The zero-order valence-electron chi connectivity index (χ0n) is 20.8. The summed E-state index contributed by atoms with van der Waals surface area (Å²) in [6.07, 6.45) is -8.58. The number of pyridine rings is 1. The summed E-state index contributed by atoms with van der Waals surface area (Å²) in [6.45, 7) is -0.517. The average Bonchev–Trinajstić information content (AvgIpc) is 3.22. The van der Waals surface area contributed by atoms with Crippen molar-refractivity contribution in [1.29, 1.82) is 0 Å². The topological polar surface area (TPSA) is 105 Å². The van der Waals surface area contributed by atoms with E-state index in [4.69, 9.17) is 0 Å². The third-order valence-electron chi connectivity index (χ3n) is 6.12. The molecule has 1 aliphatic rings. The van der Waals surface area contributed by atoms with Crippen LogP contribution in [0.5, 0.6) is 0 Å². The number of nitrogens with one attached hydrogen (secondary N) is 1. The monoisotopic (exact) mass is 609 g/mol. The SMILES string of the molecule is C[C@@]1(F)C[C@@H](C(=O)NCc2cc(-c3cnc(C(F)(F)F)nc3)ncc2C(F)(F)F)N(S(=O)(=O)c2ccc(F)cc2)C1. The summed E-state index contributed by atoms with van der Waals surface area (Å²) in [7, 11) is -4.51. The minimum absolute atomic E-state index is 0.153. The van der Waals surface area contributed by atoms with Gasteiger partial charge in [-0.25, -0.2) is 27.2 Å². The van der Waals surface area contributed by atoms with Crippen molar-refractivity contribution < 1.29 is 48.3 Å². The Morgan fingerprint density at radius 2 is 1.63 bits per heavy atom. The van der Waals surface area contributed by atoms with Crippen molar-refractivity contribution in [2.75, 3.05) is 6.54 Å². The van der Waals surface area contributed by atoms with Crippen molar-refractivity contribution in [2.24, 2.45) is 0 Å². The Balaban J connectivity index is 1.61. The van der Waals surface area contributed by atoms with Gasteiger partial charge in [-0.15, -0.1) is 0 Å². The summed E-state index contributed by atoms with van der Waals surface area (Å²) in [5.74, 6) is -3.33. The Kier molecular flexibility index (Phi) is 7.81. The number of halogens is 8. The molecule has 1 N–H and O–H groups in total. The first-order chi connectivity index (χ1) is 18.9. The van der Waals surface area contributed by atoms with Crippen LogP contribution in [0.4, 0.5) is 35.1 Å². The summed E-state index contributed by atoms with van der Waals surface area (Å²) in [4.78, 5) is 22.5. The van der Waals surface area contributed by atoms with Crippen LogP contribution in [0, 0.1) is 5.82 Å². The molecule has 41 heavy (non-hydrogen) atoms. The summed E-state index contributed by atoms with van der Waals surface area (Å²) in [6, 6.07) is 2.76. The van der Waals surface area contributed by atoms with E-state index in [1.54, 1.807) is 0 Å². The highest BCUT2D eigenvalue weighted by molar-refractivity contribution is 7.89. The largest absolute Gasteiger partial charge is 0.451 e. The lowest BCUT2D eigenvalue weighted by Gasteiger charge is -2.23. The number of aromatic nitrogens is 3. The van der Waals surface area contributed by atoms with Gasteiger partial charge in [-0.2, -0.15) is 30.6 Å². The third-order valence-corrected chi connectivity index (χ3v) is 7.99. The van der Waals surface area contributed by atoms with Crippen molar-refractivity contribution in [3.63, 3.8) is 0 Å². The van der Waals surface area contributed by atoms with Gasteiger partial charge < -0.3 is 5.32 Å². The number of amides is 1. The normalized spacial score (nSPS) is 20.3. The highest BCUT2D eigenvalue weighted by atomic mass is 32.2. The molecule has 17 heteroatoms. The Morgan fingerprint density at radius 1 is 1.02 bits per heavy atom. The van der Waals surface area contributed by atoms with E-state index >= 15 is 0 Å². The lowest BCUT2D eigenvalue weighted by Crippen LogP contribution is -2.45. The Bertz CT molecular complexity index is 1540. The van der Waals surface area contributed by atoms with Gasteiger partial charge in [0.2, 0.25) is 21.8 Å². The second kappa shape index (κ2) is 10.6. The smallest absolute Gasteiger partial charge is 0.351 e. The van der Waals surface area contributed by atoms with Crippen molar-refractivity contribution >= 4 is 15.9 Å². The first kappa shape index (κ1) is 30.2. The highest BCUT2D eigenvalue weighted by Gasteiger charge is 2.50. The van der Waals surface area contributed by atoms with E-state index in [1.165, 1.54) is 0 Å². The van der Waals surface area contributed by atoms with E-state index in [0.717, 1.165) is 37.3 Å². The van der Waals surface area contributed by atoms with Crippen LogP contribution in [0.15, 0.2) is 53.8 Å². The van der Waals surface area contributed by atoms with Crippen LogP contribution in [-0.2, 0) is 33.7 Å². The van der Waals surface area contributed by atoms with Gasteiger partial charge in [-0.3, -0.25) is 9.78 Å². The van der Waals surface area contributed by atoms with Gasteiger partial charge in [0.15, 0.2) is 0 Å². The van der Waals surface area contributed by atoms with Crippen molar-refractivity contribution in [1.82, 2.24) is 24.6 Å². The van der Waals surface area contributed by atoms with Gasteiger partial charge >= 0.3 is 12.4 Å². The fourth-order valence-electron chi connectivity index (χ4n) is 4.19. The molecule has 0 radical (unpaired) electrons. The molecule has 3 aromatic rings. The van der Waals surface area contributed by atoms with Crippen LogP contribution in [0.25, 0.3) is 11.3 Å². The molecule has 1 aromatic carbocycles.